The summed E-state index contributed by atoms with van der Waals surface area (Å²) in [5.74, 6) is 2.27. The van der Waals surface area contributed by atoms with Crippen molar-refractivity contribution in [1.29, 1.82) is 0 Å². The minimum Gasteiger partial charge on any atom is -0.494 e. The molecule has 2 aliphatic carbocycles. The van der Waals surface area contributed by atoms with Crippen LogP contribution in [0.1, 0.15) is 51.4 Å². The van der Waals surface area contributed by atoms with E-state index in [1.165, 1.54) is 64.1 Å². The van der Waals surface area contributed by atoms with Gasteiger partial charge in [-0.05, 0) is 147 Å². The Balaban J connectivity index is 0.000000213. The summed E-state index contributed by atoms with van der Waals surface area (Å²) in [5, 5.41) is 33.9. The minimum atomic E-state index is -2.58. The lowest BCUT2D eigenvalue weighted by Crippen LogP contribution is -2.53. The Hall–Kier alpha value is -6.44. The molecule has 4 heterocycles. The Morgan fingerprint density at radius 3 is 1.39 bits per heavy atom. The number of rotatable bonds is 17. The lowest BCUT2D eigenvalue weighted by Gasteiger charge is -2.54. The predicted octanol–water partition coefficient (Wildman–Crippen LogP) is 11.5. The molecule has 25 heteroatoms. The molecule has 6 aromatic rings. The molecule has 0 amide bonds. The second-order valence-electron chi connectivity index (χ2n) is 23.5. The van der Waals surface area contributed by atoms with Gasteiger partial charge in [0.05, 0.1) is 65.7 Å². The van der Waals surface area contributed by atoms with E-state index in [0.717, 1.165) is 57.1 Å². The molecule has 2 spiro atoms. The van der Waals surface area contributed by atoms with Crippen molar-refractivity contribution in [1.82, 2.24) is 29.7 Å². The van der Waals surface area contributed by atoms with Crippen LogP contribution in [0.3, 0.4) is 0 Å². The normalized spacial score (nSPS) is 16.6. The zero-order valence-electron chi connectivity index (χ0n) is 49.9. The van der Waals surface area contributed by atoms with Gasteiger partial charge in [-0.25, -0.2) is 9.97 Å². The highest BCUT2D eigenvalue weighted by Gasteiger charge is 2.48. The van der Waals surface area contributed by atoms with Gasteiger partial charge < -0.3 is 70.3 Å². The average molecular weight is 1230 g/mol. The number of nitrogens with zero attached hydrogens (tertiary/aromatic N) is 9. The molecule has 0 atom stereocenters. The van der Waals surface area contributed by atoms with Crippen molar-refractivity contribution in [2.24, 2.45) is 10.8 Å². The lowest BCUT2D eigenvalue weighted by molar-refractivity contribution is -0.384. The number of hydrogen-bond acceptors (Lipinski definition) is 20. The number of hydrogen-bond donors (Lipinski definition) is 6. The number of nitro benzene ring substituents is 1. The summed E-state index contributed by atoms with van der Waals surface area (Å²) in [6, 6.07) is 23.1. The fourth-order valence-corrected chi connectivity index (χ4v) is 14.4. The molecule has 2 aromatic heterocycles. The Kier molecular flexibility index (Phi) is 20.0. The van der Waals surface area contributed by atoms with E-state index in [0.29, 0.717) is 96.4 Å². The van der Waals surface area contributed by atoms with Gasteiger partial charge in [0.1, 0.15) is 41.5 Å². The first-order chi connectivity index (χ1) is 39.9. The van der Waals surface area contributed by atoms with Crippen LogP contribution in [0.2, 0.25) is 10.0 Å². The molecule has 7 N–H and O–H groups in total. The molecule has 0 bridgehead atoms. The van der Waals surface area contributed by atoms with Gasteiger partial charge in [0.2, 0.25) is 11.9 Å². The van der Waals surface area contributed by atoms with Crippen molar-refractivity contribution in [2.45, 2.75) is 63.5 Å². The highest BCUT2D eigenvalue weighted by Crippen LogP contribution is 2.53. The van der Waals surface area contributed by atoms with E-state index >= 15 is 0 Å². The number of methoxy groups -OCH3 is 2. The Labute approximate surface area is 503 Å². The van der Waals surface area contributed by atoms with Crippen LogP contribution >= 0.6 is 37.5 Å². The van der Waals surface area contributed by atoms with Crippen molar-refractivity contribution in [3.05, 3.63) is 105 Å². The zero-order valence-corrected chi connectivity index (χ0v) is 53.2. The summed E-state index contributed by atoms with van der Waals surface area (Å²) < 4.78 is 37.0. The number of benzene rings is 4. The highest BCUT2D eigenvalue weighted by molar-refractivity contribution is 7.70. The third-order valence-corrected chi connectivity index (χ3v) is 20.4. The Morgan fingerprint density at radius 1 is 0.631 bits per heavy atom. The predicted molar refractivity (Wildman–Crippen MR) is 345 cm³/mol. The standard InChI is InChI=1S/C29H37ClN7O4P.C29H39ClN7O2P.CH4O/c1-35(2)19-16-29(17-19)10-12-36(13-11-29)23-15-25(41-3)22(14-24(23)37(38)39)33-28-31-18-20(30)27(34-28)32-21-8-6-7-9-26(21)42(4,5)40;1-36(2)19-16-29(17-19)10-12-37(13-11-29)24-15-25(39-3)23(14-21(24)31)34-28-32-18-20(30)27(35-28)33-22-8-6-7-9-26(22)40(4,5)38;1-2/h6-9,14-15,18-19H,10-13,16-17H2,1-5H3,(H2,31,32,33,34);6-9,14-15,18-19H,10-13,16-17,31H2,1-5H3,(H2,32,33,34,35);2H,1H3. The van der Waals surface area contributed by atoms with Crippen molar-refractivity contribution < 1.29 is 28.6 Å². The largest absolute Gasteiger partial charge is 0.494 e. The monoisotopic (exact) mass is 1230 g/mol. The van der Waals surface area contributed by atoms with Crippen molar-refractivity contribution >= 4 is 117 Å². The second kappa shape index (κ2) is 26.4. The Bertz CT molecular complexity index is 3410. The summed E-state index contributed by atoms with van der Waals surface area (Å²) in [7, 11) is 7.67. The molecule has 84 heavy (non-hydrogen) atoms. The van der Waals surface area contributed by atoms with E-state index < -0.39 is 14.3 Å². The van der Waals surface area contributed by atoms with Crippen LogP contribution in [0.4, 0.5) is 69.0 Å². The quantitative estimate of drug-likeness (QED) is 0.0215. The number of aromatic nitrogens is 4. The minimum absolute atomic E-state index is 0.0167. The summed E-state index contributed by atoms with van der Waals surface area (Å²) >= 11 is 12.8. The summed E-state index contributed by atoms with van der Waals surface area (Å²) in [6.07, 6.45) is 12.3. The van der Waals surface area contributed by atoms with E-state index in [1.54, 1.807) is 52.0 Å². The van der Waals surface area contributed by atoms with Crippen LogP contribution in [-0.4, -0.2) is 154 Å². The van der Waals surface area contributed by atoms with Crippen LogP contribution in [0.15, 0.2) is 85.2 Å². The van der Waals surface area contributed by atoms with Gasteiger partial charge in [-0.1, -0.05) is 47.5 Å². The number of nitro groups is 1. The molecule has 0 radical (unpaired) electrons. The van der Waals surface area contributed by atoms with E-state index in [2.05, 4.69) is 89.0 Å². The van der Waals surface area contributed by atoms with Gasteiger partial charge in [-0.2, -0.15) is 9.97 Å². The van der Waals surface area contributed by atoms with E-state index in [4.69, 9.17) is 43.5 Å². The van der Waals surface area contributed by atoms with Crippen LogP contribution in [0.5, 0.6) is 11.5 Å². The first-order valence-corrected chi connectivity index (χ1v) is 33.9. The Morgan fingerprint density at radius 2 is 1.01 bits per heavy atom. The van der Waals surface area contributed by atoms with E-state index in [1.807, 2.05) is 48.5 Å². The van der Waals surface area contributed by atoms with Crippen LogP contribution in [0, 0.1) is 20.9 Å². The van der Waals surface area contributed by atoms with Crippen LogP contribution in [0.25, 0.3) is 0 Å². The number of nitrogens with two attached hydrogens (primary N) is 1. The number of aliphatic hydroxyl groups excluding tert-OH is 1. The van der Waals surface area contributed by atoms with Gasteiger partial charge in [0.15, 0.2) is 11.6 Å². The molecule has 0 unspecified atom stereocenters. The molecule has 2 aliphatic heterocycles. The number of ether oxygens (including phenoxy) is 2. The summed E-state index contributed by atoms with van der Waals surface area (Å²) in [5.41, 5.74) is 11.9. The van der Waals surface area contributed by atoms with Gasteiger partial charge in [-0.3, -0.25) is 10.1 Å². The number of para-hydroxylation sites is 2. The maximum absolute atomic E-state index is 12.8. The van der Waals surface area contributed by atoms with Gasteiger partial charge in [0, 0.05) is 74.2 Å². The first-order valence-electron chi connectivity index (χ1n) is 27.9. The molecule has 2 saturated heterocycles. The smallest absolute Gasteiger partial charge is 0.294 e. The zero-order chi connectivity index (χ0) is 60.9. The van der Waals surface area contributed by atoms with Crippen molar-refractivity contribution in [3.63, 3.8) is 0 Å². The SMILES string of the molecule is CO.COc1cc(N2CCC3(CC2)CC(N(C)C)C3)c(N)cc1Nc1ncc(Cl)c(Nc2ccccc2P(C)(C)=O)n1.COc1cc(N2CCC3(CC2)CC(N(C)C)C3)c([N+](=O)[O-])cc1Nc1ncc(Cl)c(Nc2ccccc2P(C)(C)=O)n1. The average Bonchev–Trinajstić information content (AvgIpc) is 1.42. The topological polar surface area (TPSA) is 255 Å². The van der Waals surface area contributed by atoms with Crippen molar-refractivity contribution in [2.75, 3.05) is 139 Å². The number of anilines is 11. The third kappa shape index (κ3) is 14.6. The number of aliphatic hydroxyl groups is 1. The third-order valence-electron chi connectivity index (χ3n) is 16.8. The van der Waals surface area contributed by atoms with E-state index in [9.17, 15) is 19.2 Å². The number of piperidine rings is 2. The molecule has 452 valence electrons. The van der Waals surface area contributed by atoms with Gasteiger partial charge in [0.25, 0.3) is 5.69 Å². The molecule has 21 nitrogen and oxygen atoms in total. The number of halogens is 2. The molecule has 10 rings (SSSR count). The van der Waals surface area contributed by atoms with Crippen LogP contribution < -0.4 is 56.9 Å². The second-order valence-corrected chi connectivity index (χ2v) is 30.6. The molecule has 4 fully saturated rings. The highest BCUT2D eigenvalue weighted by atomic mass is 35.5. The fourth-order valence-electron chi connectivity index (χ4n) is 11.8. The number of nitrogen functional groups attached to an aromatic ring is 1. The molecular weight excluding hydrogens is 1150 g/mol. The van der Waals surface area contributed by atoms with Crippen LogP contribution in [-0.2, 0) is 9.13 Å². The van der Waals surface area contributed by atoms with E-state index in [-0.39, 0.29) is 21.6 Å². The molecule has 4 aromatic carbocycles. The maximum Gasteiger partial charge on any atom is 0.294 e. The summed E-state index contributed by atoms with van der Waals surface area (Å²) in [4.78, 5) is 38.7. The molecule has 4 aliphatic rings. The molecular formula is C59H80Cl2N14O7P2. The van der Waals surface area contributed by atoms with Gasteiger partial charge in [-0.15, -0.1) is 0 Å². The number of nitrogens with one attached hydrogen (secondary N) is 4. The van der Waals surface area contributed by atoms with Crippen molar-refractivity contribution in [3.8, 4) is 11.5 Å². The first kappa shape index (κ1) is 63.6. The fraction of sp³-hybridized carbons (Fsp3) is 0.458. The summed E-state index contributed by atoms with van der Waals surface area (Å²) in [6.45, 7) is 10.4. The molecule has 2 saturated carbocycles. The van der Waals surface area contributed by atoms with Gasteiger partial charge >= 0.3 is 0 Å². The maximum atomic E-state index is 12.8. The lowest BCUT2D eigenvalue weighted by atomic mass is 9.60.